The molecule has 0 spiro atoms. The van der Waals surface area contributed by atoms with Crippen LogP contribution in [0.1, 0.15) is 28.2 Å². The number of imide groups is 1. The second-order valence-corrected chi connectivity index (χ2v) is 8.47. The van der Waals surface area contributed by atoms with Crippen LogP contribution in [0.2, 0.25) is 0 Å². The second-order valence-electron chi connectivity index (χ2n) is 8.47. The zero-order chi connectivity index (χ0) is 23.1. The summed E-state index contributed by atoms with van der Waals surface area (Å²) in [6, 6.07) is 19.0. The largest absolute Gasteiger partial charge is 0.285 e. The summed E-state index contributed by atoms with van der Waals surface area (Å²) in [6.45, 7) is 0. The van der Waals surface area contributed by atoms with E-state index in [1.807, 2.05) is 0 Å². The Labute approximate surface area is 186 Å². The summed E-state index contributed by atoms with van der Waals surface area (Å²) in [5, 5.41) is 24.1. The number of hydrogen-bond donors (Lipinski definition) is 0. The van der Waals surface area contributed by atoms with Crippen molar-refractivity contribution in [1.82, 2.24) is 0 Å². The van der Waals surface area contributed by atoms with Crippen molar-refractivity contribution in [2.75, 3.05) is 4.90 Å². The monoisotopic (exact) mass is 441 g/mol. The molecule has 7 rings (SSSR count). The molecule has 1 fully saturated rings. The Bertz CT molecular complexity index is 1370. The van der Waals surface area contributed by atoms with Crippen molar-refractivity contribution in [3.05, 3.63) is 115 Å². The Kier molecular flexibility index (Phi) is 3.69. The van der Waals surface area contributed by atoms with Crippen LogP contribution in [0.5, 0.6) is 0 Å². The fourth-order valence-electron chi connectivity index (χ4n) is 6.04. The fraction of sp³-hybridized carbons (Fsp3) is 0.167. The molecule has 0 radical (unpaired) electrons. The molecule has 33 heavy (non-hydrogen) atoms. The van der Waals surface area contributed by atoms with Crippen LogP contribution < -0.4 is 4.90 Å². The Balaban J connectivity index is 1.64. The van der Waals surface area contributed by atoms with Crippen LogP contribution in [-0.2, 0) is 15.1 Å². The molecule has 2 atom stereocenters. The van der Waals surface area contributed by atoms with Crippen LogP contribution in [-0.4, -0.2) is 21.7 Å². The second kappa shape index (κ2) is 6.32. The van der Waals surface area contributed by atoms with Gasteiger partial charge in [-0.25, -0.2) is 4.90 Å². The number of nitro groups is 2. The van der Waals surface area contributed by atoms with Crippen LogP contribution in [0, 0.1) is 32.1 Å². The molecular weight excluding hydrogens is 426 g/mol. The van der Waals surface area contributed by atoms with E-state index >= 15 is 0 Å². The summed E-state index contributed by atoms with van der Waals surface area (Å²) in [5.74, 6) is -4.05. The Hall–Kier alpha value is -4.40. The van der Waals surface area contributed by atoms with Crippen LogP contribution in [0.4, 0.5) is 11.4 Å². The molecule has 0 unspecified atom stereocenters. The van der Waals surface area contributed by atoms with E-state index in [0.717, 1.165) is 11.0 Å². The normalized spacial score (nSPS) is 26.5. The highest BCUT2D eigenvalue weighted by Gasteiger charge is 2.74. The van der Waals surface area contributed by atoms with E-state index in [1.165, 1.54) is 18.2 Å². The SMILES string of the molecule is O=C1[C@@H]2C3c4ccccc4C([N+](=O)[O-])(c4ccccc43)[C@@H]2C(=O)N1c1cccc([N+](=O)[O-])c1. The van der Waals surface area contributed by atoms with Crippen molar-refractivity contribution < 1.29 is 19.4 Å². The zero-order valence-corrected chi connectivity index (χ0v) is 17.0. The lowest BCUT2D eigenvalue weighted by Gasteiger charge is -2.48. The zero-order valence-electron chi connectivity index (χ0n) is 17.0. The molecule has 1 heterocycles. The molecular formula is C24H15N3O6. The number of anilines is 1. The summed E-state index contributed by atoms with van der Waals surface area (Å²) in [4.78, 5) is 51.5. The smallest absolute Gasteiger partial charge is 0.274 e. The topological polar surface area (TPSA) is 124 Å². The lowest BCUT2D eigenvalue weighted by Crippen LogP contribution is -2.57. The molecule has 3 aliphatic carbocycles. The molecule has 1 aliphatic heterocycles. The van der Waals surface area contributed by atoms with Gasteiger partial charge in [-0.05, 0) is 17.2 Å². The van der Waals surface area contributed by atoms with Gasteiger partial charge in [-0.3, -0.25) is 29.8 Å². The average molecular weight is 441 g/mol. The number of rotatable bonds is 3. The molecule has 0 N–H and O–H groups in total. The number of amides is 2. The van der Waals surface area contributed by atoms with Gasteiger partial charge in [0.1, 0.15) is 5.92 Å². The quantitative estimate of drug-likeness (QED) is 0.349. The van der Waals surface area contributed by atoms with Gasteiger partial charge in [0.25, 0.3) is 11.2 Å². The van der Waals surface area contributed by atoms with E-state index in [0.29, 0.717) is 22.3 Å². The van der Waals surface area contributed by atoms with Crippen LogP contribution in [0.25, 0.3) is 0 Å². The van der Waals surface area contributed by atoms with Gasteiger partial charge >= 0.3 is 0 Å². The standard InChI is InChI=1S/C24H15N3O6/c28-22-20-19-15-8-1-3-10-17(15)24(27(32)33,18-11-4-2-9-16(18)19)21(20)23(29)25(22)13-6-5-7-14(12-13)26(30)31/h1-12,19-21H/t19?,20-,21+,24?/m1/s1. The summed E-state index contributed by atoms with van der Waals surface area (Å²) < 4.78 is 0. The molecule has 2 amide bonds. The first-order valence-electron chi connectivity index (χ1n) is 10.3. The molecule has 0 saturated carbocycles. The van der Waals surface area contributed by atoms with Gasteiger partial charge in [-0.15, -0.1) is 0 Å². The summed E-state index contributed by atoms with van der Waals surface area (Å²) >= 11 is 0. The highest BCUT2D eigenvalue weighted by atomic mass is 16.6. The molecule has 2 bridgehead atoms. The maximum absolute atomic E-state index is 13.8. The van der Waals surface area contributed by atoms with Gasteiger partial charge in [-0.1, -0.05) is 54.6 Å². The molecule has 1 saturated heterocycles. The number of non-ortho nitro benzene ring substituents is 1. The van der Waals surface area contributed by atoms with Gasteiger partial charge in [-0.2, -0.15) is 0 Å². The molecule has 3 aromatic rings. The Morgan fingerprint density at radius 1 is 0.788 bits per heavy atom. The van der Waals surface area contributed by atoms with E-state index in [2.05, 4.69) is 0 Å². The average Bonchev–Trinajstić information content (AvgIpc) is 3.09. The lowest BCUT2D eigenvalue weighted by molar-refractivity contribution is -0.578. The van der Waals surface area contributed by atoms with Crippen molar-refractivity contribution in [3.8, 4) is 0 Å². The fourth-order valence-corrected chi connectivity index (χ4v) is 6.04. The van der Waals surface area contributed by atoms with Crippen LogP contribution in [0.3, 0.4) is 0 Å². The maximum Gasteiger partial charge on any atom is 0.285 e. The van der Waals surface area contributed by atoms with Crippen molar-refractivity contribution in [2.45, 2.75) is 11.5 Å². The van der Waals surface area contributed by atoms with Gasteiger partial charge in [0.2, 0.25) is 11.8 Å². The first-order chi connectivity index (χ1) is 15.9. The van der Waals surface area contributed by atoms with Gasteiger partial charge in [0.15, 0.2) is 0 Å². The highest BCUT2D eigenvalue weighted by molar-refractivity contribution is 6.23. The minimum absolute atomic E-state index is 0.0413. The molecule has 4 aliphatic rings. The number of benzene rings is 3. The molecule has 9 nitrogen and oxygen atoms in total. The van der Waals surface area contributed by atoms with E-state index in [-0.39, 0.29) is 11.4 Å². The number of carbonyl (C=O) groups is 2. The van der Waals surface area contributed by atoms with E-state index in [9.17, 15) is 29.8 Å². The highest BCUT2D eigenvalue weighted by Crippen LogP contribution is 2.64. The predicted molar refractivity (Wildman–Crippen MR) is 115 cm³/mol. The van der Waals surface area contributed by atoms with E-state index in [4.69, 9.17) is 0 Å². The minimum Gasteiger partial charge on any atom is -0.274 e. The molecule has 0 aromatic heterocycles. The molecule has 9 heteroatoms. The summed E-state index contributed by atoms with van der Waals surface area (Å²) in [5.41, 5.74) is 0.00641. The maximum atomic E-state index is 13.8. The van der Waals surface area contributed by atoms with Crippen LogP contribution in [0.15, 0.2) is 72.8 Å². The predicted octanol–water partition coefficient (Wildman–Crippen LogP) is 3.38. The van der Waals surface area contributed by atoms with Crippen molar-refractivity contribution >= 4 is 23.2 Å². The van der Waals surface area contributed by atoms with Crippen molar-refractivity contribution in [2.24, 2.45) is 11.8 Å². The number of carbonyl (C=O) groups excluding carboxylic acids is 2. The van der Waals surface area contributed by atoms with Gasteiger partial charge in [0, 0.05) is 34.1 Å². The number of hydrogen-bond acceptors (Lipinski definition) is 6. The first kappa shape index (κ1) is 19.3. The van der Waals surface area contributed by atoms with E-state index < -0.39 is 45.0 Å². The third-order valence-electron chi connectivity index (χ3n) is 7.16. The molecule has 3 aromatic carbocycles. The third-order valence-corrected chi connectivity index (χ3v) is 7.16. The van der Waals surface area contributed by atoms with Crippen LogP contribution >= 0.6 is 0 Å². The molecule has 162 valence electrons. The minimum atomic E-state index is -1.92. The number of nitrogens with zero attached hydrogens (tertiary/aromatic N) is 3. The van der Waals surface area contributed by atoms with E-state index in [1.54, 1.807) is 48.5 Å². The van der Waals surface area contributed by atoms with Gasteiger partial charge in [0.05, 0.1) is 16.5 Å². The number of nitro benzene ring substituents is 1. The first-order valence-corrected chi connectivity index (χ1v) is 10.3. The Morgan fingerprint density at radius 2 is 1.39 bits per heavy atom. The summed E-state index contributed by atoms with van der Waals surface area (Å²) in [7, 11) is 0. The third kappa shape index (κ3) is 2.16. The van der Waals surface area contributed by atoms with Gasteiger partial charge < -0.3 is 0 Å². The van der Waals surface area contributed by atoms with Crippen molar-refractivity contribution in [1.29, 1.82) is 0 Å². The summed E-state index contributed by atoms with van der Waals surface area (Å²) in [6.07, 6.45) is 0. The lowest BCUT2D eigenvalue weighted by atomic mass is 9.51. The Morgan fingerprint density at radius 3 is 1.97 bits per heavy atom. The van der Waals surface area contributed by atoms with Crippen molar-refractivity contribution in [3.63, 3.8) is 0 Å².